The van der Waals surface area contributed by atoms with E-state index < -0.39 is 20.0 Å². The number of fused-ring (bicyclic) bond motifs is 1. The fraction of sp³-hybridized carbons (Fsp3) is 0.737. The van der Waals surface area contributed by atoms with E-state index in [-0.39, 0.29) is 11.6 Å². The van der Waals surface area contributed by atoms with Crippen molar-refractivity contribution >= 4 is 14.4 Å². The number of nitrogens with zero attached hydrogens (tertiary/aromatic N) is 1. The van der Waals surface area contributed by atoms with Gasteiger partial charge in [0.25, 0.3) is 0 Å². The van der Waals surface area contributed by atoms with E-state index in [1.165, 1.54) is 5.06 Å². The summed E-state index contributed by atoms with van der Waals surface area (Å²) in [6.45, 7) is 17.8. The molecule has 26 heavy (non-hydrogen) atoms. The van der Waals surface area contributed by atoms with E-state index in [1.54, 1.807) is 6.26 Å². The molecule has 0 spiro atoms. The molecule has 1 aromatic rings. The standard InChI is InChI=1S/C19H33NO5Si/c1-18(2,3)25-17(21)20-10-9-16-15(13-23-20)14(11-22-16)12-24-26(7,8)19(4,5)6/h11H,9-10,12-13H2,1-8H3. The van der Waals surface area contributed by atoms with Crippen molar-refractivity contribution in [3.8, 4) is 0 Å². The summed E-state index contributed by atoms with van der Waals surface area (Å²) in [6, 6.07) is 0. The molecule has 0 aromatic carbocycles. The molecule has 1 aliphatic rings. The van der Waals surface area contributed by atoms with Crippen LogP contribution in [0.25, 0.3) is 0 Å². The Morgan fingerprint density at radius 1 is 1.23 bits per heavy atom. The number of hydroxylamine groups is 2. The molecule has 2 rings (SSSR count). The lowest BCUT2D eigenvalue weighted by Gasteiger charge is -2.36. The minimum atomic E-state index is -1.84. The van der Waals surface area contributed by atoms with Crippen LogP contribution in [0.4, 0.5) is 4.79 Å². The molecule has 0 atom stereocenters. The zero-order valence-electron chi connectivity index (χ0n) is 17.4. The van der Waals surface area contributed by atoms with Gasteiger partial charge >= 0.3 is 6.09 Å². The van der Waals surface area contributed by atoms with E-state index in [0.29, 0.717) is 19.6 Å². The lowest BCUT2D eigenvalue weighted by Crippen LogP contribution is -2.40. The predicted molar refractivity (Wildman–Crippen MR) is 102 cm³/mol. The summed E-state index contributed by atoms with van der Waals surface area (Å²) < 4.78 is 17.4. The molecule has 0 N–H and O–H groups in total. The van der Waals surface area contributed by atoms with Gasteiger partial charge in [0.1, 0.15) is 18.0 Å². The van der Waals surface area contributed by atoms with Crippen LogP contribution in [-0.2, 0) is 33.6 Å². The van der Waals surface area contributed by atoms with Crippen LogP contribution in [0.2, 0.25) is 18.1 Å². The van der Waals surface area contributed by atoms with Crippen LogP contribution in [0.3, 0.4) is 0 Å². The first-order chi connectivity index (χ1) is 11.8. The highest BCUT2D eigenvalue weighted by atomic mass is 28.4. The van der Waals surface area contributed by atoms with Gasteiger partial charge in [-0.25, -0.2) is 4.79 Å². The monoisotopic (exact) mass is 383 g/mol. The van der Waals surface area contributed by atoms with Crippen LogP contribution in [0.1, 0.15) is 58.4 Å². The van der Waals surface area contributed by atoms with Crippen LogP contribution >= 0.6 is 0 Å². The van der Waals surface area contributed by atoms with Gasteiger partial charge in [-0.1, -0.05) is 20.8 Å². The molecule has 0 saturated heterocycles. The third-order valence-corrected chi connectivity index (χ3v) is 9.44. The second-order valence-corrected chi connectivity index (χ2v) is 14.1. The number of ether oxygens (including phenoxy) is 1. The molecule has 0 saturated carbocycles. The Kier molecular flexibility index (Phi) is 5.95. The molecular formula is C19H33NO5Si. The predicted octanol–water partition coefficient (Wildman–Crippen LogP) is 5.03. The molecule has 1 aromatic heterocycles. The first-order valence-electron chi connectivity index (χ1n) is 9.16. The summed E-state index contributed by atoms with van der Waals surface area (Å²) in [5.74, 6) is 0.852. The highest BCUT2D eigenvalue weighted by molar-refractivity contribution is 6.74. The van der Waals surface area contributed by atoms with Crippen molar-refractivity contribution in [2.24, 2.45) is 0 Å². The van der Waals surface area contributed by atoms with Crippen molar-refractivity contribution in [2.75, 3.05) is 6.54 Å². The maximum absolute atomic E-state index is 12.2. The summed E-state index contributed by atoms with van der Waals surface area (Å²) in [5, 5.41) is 1.43. The number of amides is 1. The van der Waals surface area contributed by atoms with Gasteiger partial charge in [0, 0.05) is 17.5 Å². The topological polar surface area (TPSA) is 61.1 Å². The maximum atomic E-state index is 12.2. The number of rotatable bonds is 3. The Balaban J connectivity index is 2.03. The summed E-state index contributed by atoms with van der Waals surface area (Å²) >= 11 is 0. The van der Waals surface area contributed by atoms with Gasteiger partial charge < -0.3 is 13.6 Å². The molecule has 6 nitrogen and oxygen atoms in total. The highest BCUT2D eigenvalue weighted by Gasteiger charge is 2.37. The molecule has 1 amide bonds. The first kappa shape index (κ1) is 21.0. The molecule has 7 heteroatoms. The minimum absolute atomic E-state index is 0.150. The van der Waals surface area contributed by atoms with Crippen molar-refractivity contribution < 1.29 is 23.2 Å². The van der Waals surface area contributed by atoms with Gasteiger partial charge in [-0.3, -0.25) is 4.84 Å². The van der Waals surface area contributed by atoms with Crippen LogP contribution < -0.4 is 0 Å². The summed E-state index contributed by atoms with van der Waals surface area (Å²) in [5.41, 5.74) is 1.42. The number of carbonyl (C=O) groups excluding carboxylic acids is 1. The highest BCUT2D eigenvalue weighted by Crippen LogP contribution is 2.37. The minimum Gasteiger partial charge on any atom is -0.469 e. The zero-order valence-corrected chi connectivity index (χ0v) is 18.4. The van der Waals surface area contributed by atoms with Gasteiger partial charge in [0.2, 0.25) is 0 Å². The van der Waals surface area contributed by atoms with Gasteiger partial charge in [0.05, 0.1) is 19.4 Å². The Labute approximate surface area is 157 Å². The third-order valence-electron chi connectivity index (χ3n) is 4.97. The van der Waals surface area contributed by atoms with Crippen molar-refractivity contribution in [1.29, 1.82) is 0 Å². The molecule has 0 unspecified atom stereocenters. The second kappa shape index (κ2) is 7.36. The molecule has 0 fully saturated rings. The molecule has 2 heterocycles. The van der Waals surface area contributed by atoms with E-state index in [1.807, 2.05) is 20.8 Å². The summed E-state index contributed by atoms with van der Waals surface area (Å²) in [7, 11) is -1.84. The van der Waals surface area contributed by atoms with Crippen molar-refractivity contribution in [2.45, 2.75) is 84.9 Å². The van der Waals surface area contributed by atoms with E-state index in [2.05, 4.69) is 33.9 Å². The summed E-state index contributed by atoms with van der Waals surface area (Å²) in [4.78, 5) is 17.9. The molecule has 0 radical (unpaired) electrons. The lowest BCUT2D eigenvalue weighted by molar-refractivity contribution is -0.152. The van der Waals surface area contributed by atoms with E-state index in [0.717, 1.165) is 16.9 Å². The van der Waals surface area contributed by atoms with Crippen molar-refractivity contribution in [3.05, 3.63) is 23.2 Å². The Morgan fingerprint density at radius 3 is 2.46 bits per heavy atom. The Morgan fingerprint density at radius 2 is 1.88 bits per heavy atom. The van der Waals surface area contributed by atoms with Crippen LogP contribution in [0, 0.1) is 0 Å². The fourth-order valence-electron chi connectivity index (χ4n) is 2.31. The second-order valence-electron chi connectivity index (χ2n) is 9.32. The first-order valence-corrected chi connectivity index (χ1v) is 12.1. The zero-order chi connectivity index (χ0) is 19.8. The van der Waals surface area contributed by atoms with E-state index >= 15 is 0 Å². The molecule has 0 aliphatic carbocycles. The Bertz CT molecular complexity index is 639. The number of hydrogen-bond donors (Lipinski definition) is 0. The smallest absolute Gasteiger partial charge is 0.434 e. The average molecular weight is 384 g/mol. The van der Waals surface area contributed by atoms with Gasteiger partial charge in [0.15, 0.2) is 8.32 Å². The van der Waals surface area contributed by atoms with Gasteiger partial charge in [-0.15, -0.1) is 0 Å². The third kappa shape index (κ3) is 5.11. The number of furan rings is 1. The molecule has 148 valence electrons. The van der Waals surface area contributed by atoms with Crippen molar-refractivity contribution in [3.63, 3.8) is 0 Å². The van der Waals surface area contributed by atoms with Crippen LogP contribution in [0.15, 0.2) is 10.7 Å². The molecule has 1 aliphatic heterocycles. The van der Waals surface area contributed by atoms with Gasteiger partial charge in [-0.2, -0.15) is 5.06 Å². The van der Waals surface area contributed by atoms with Gasteiger partial charge in [-0.05, 0) is 38.9 Å². The average Bonchev–Trinajstić information content (AvgIpc) is 2.71. The lowest BCUT2D eigenvalue weighted by atomic mass is 10.1. The van der Waals surface area contributed by atoms with Crippen LogP contribution in [0.5, 0.6) is 0 Å². The fourth-order valence-corrected chi connectivity index (χ4v) is 3.26. The summed E-state index contributed by atoms with van der Waals surface area (Å²) in [6.07, 6.45) is 1.88. The number of hydrogen-bond acceptors (Lipinski definition) is 5. The van der Waals surface area contributed by atoms with E-state index in [9.17, 15) is 4.79 Å². The quantitative estimate of drug-likeness (QED) is 0.685. The molecular weight excluding hydrogens is 350 g/mol. The molecule has 0 bridgehead atoms. The van der Waals surface area contributed by atoms with E-state index in [4.69, 9.17) is 18.4 Å². The maximum Gasteiger partial charge on any atom is 0.434 e. The SMILES string of the molecule is CC(C)(C)OC(=O)N1CCc2occ(CO[Si](C)(C)C(C)(C)C)c2CO1. The normalized spacial score (nSPS) is 16.2. The van der Waals surface area contributed by atoms with Crippen LogP contribution in [-0.4, -0.2) is 31.6 Å². The largest absolute Gasteiger partial charge is 0.469 e. The Hall–Kier alpha value is -1.31. The van der Waals surface area contributed by atoms with Crippen molar-refractivity contribution in [1.82, 2.24) is 5.06 Å². The number of carbonyl (C=O) groups is 1.